The molecule has 126 valence electrons. The van der Waals surface area contributed by atoms with Gasteiger partial charge in [-0.25, -0.2) is 0 Å². The molecule has 1 amide bonds. The Morgan fingerprint density at radius 1 is 1.22 bits per heavy atom. The lowest BCUT2D eigenvalue weighted by Crippen LogP contribution is -2.48. The third kappa shape index (κ3) is 4.10. The summed E-state index contributed by atoms with van der Waals surface area (Å²) in [6.07, 6.45) is 3.68. The van der Waals surface area contributed by atoms with Crippen molar-refractivity contribution >= 4 is 11.6 Å². The maximum absolute atomic E-state index is 12.4. The van der Waals surface area contributed by atoms with Gasteiger partial charge in [-0.1, -0.05) is 25.0 Å². The summed E-state index contributed by atoms with van der Waals surface area (Å²) in [7, 11) is 2.17. The van der Waals surface area contributed by atoms with Crippen LogP contribution in [0.4, 0.5) is 5.69 Å². The molecular weight excluding hydrogens is 288 g/mol. The third-order valence-corrected chi connectivity index (χ3v) is 5.13. The number of benzene rings is 1. The molecule has 5 nitrogen and oxygen atoms in total. The van der Waals surface area contributed by atoms with Gasteiger partial charge < -0.3 is 16.0 Å². The van der Waals surface area contributed by atoms with E-state index in [1.165, 1.54) is 5.56 Å². The minimum atomic E-state index is -0.673. The predicted molar refractivity (Wildman–Crippen MR) is 93.2 cm³/mol. The van der Waals surface area contributed by atoms with Crippen LogP contribution in [0.25, 0.3) is 0 Å². The second-order valence-corrected chi connectivity index (χ2v) is 7.10. The number of nitrogens with two attached hydrogens (primary N) is 1. The number of hydrogen-bond acceptors (Lipinski definition) is 4. The number of nitrogens with zero attached hydrogens (tertiary/aromatic N) is 2. The van der Waals surface area contributed by atoms with Gasteiger partial charge in [0.25, 0.3) is 0 Å². The number of nitrogens with one attached hydrogen (secondary N) is 1. The Balaban J connectivity index is 1.60. The van der Waals surface area contributed by atoms with Gasteiger partial charge in [-0.05, 0) is 37.6 Å². The number of carbonyl (C=O) groups is 1. The molecule has 5 heteroatoms. The average molecular weight is 316 g/mol. The van der Waals surface area contributed by atoms with Crippen molar-refractivity contribution in [2.75, 3.05) is 38.5 Å². The zero-order chi connectivity index (χ0) is 16.3. The van der Waals surface area contributed by atoms with Crippen LogP contribution in [0.2, 0.25) is 0 Å². The summed E-state index contributed by atoms with van der Waals surface area (Å²) in [5, 5.41) is 3.02. The summed E-state index contributed by atoms with van der Waals surface area (Å²) in [5.41, 5.74) is 7.65. The van der Waals surface area contributed by atoms with E-state index in [0.717, 1.165) is 64.1 Å². The molecule has 0 bridgehead atoms. The fourth-order valence-electron chi connectivity index (χ4n) is 3.50. The van der Waals surface area contributed by atoms with Crippen LogP contribution < -0.4 is 11.1 Å². The quantitative estimate of drug-likeness (QED) is 0.886. The molecule has 1 heterocycles. The van der Waals surface area contributed by atoms with Crippen LogP contribution in [-0.4, -0.2) is 54.5 Å². The van der Waals surface area contributed by atoms with Gasteiger partial charge in [-0.2, -0.15) is 0 Å². The van der Waals surface area contributed by atoms with Crippen molar-refractivity contribution in [1.82, 2.24) is 9.80 Å². The Morgan fingerprint density at radius 2 is 1.91 bits per heavy atom. The van der Waals surface area contributed by atoms with E-state index in [1.807, 2.05) is 12.1 Å². The standard InChI is InChI=1S/C18H28N4O/c1-21-9-11-22(12-10-21)14-15-5-4-6-16(13-15)20-17(23)18(19)7-2-3-8-18/h4-6,13H,2-3,7-12,14,19H2,1H3,(H,20,23). The van der Waals surface area contributed by atoms with Crippen LogP contribution in [0, 0.1) is 0 Å². The molecule has 0 unspecified atom stereocenters. The second kappa shape index (κ2) is 6.99. The number of piperazine rings is 1. The molecule has 0 aromatic heterocycles. The van der Waals surface area contributed by atoms with E-state index in [4.69, 9.17) is 5.73 Å². The molecule has 0 radical (unpaired) electrons. The molecule has 2 fully saturated rings. The highest BCUT2D eigenvalue weighted by atomic mass is 16.2. The number of hydrogen-bond donors (Lipinski definition) is 2. The van der Waals surface area contributed by atoms with Crippen molar-refractivity contribution in [3.8, 4) is 0 Å². The second-order valence-electron chi connectivity index (χ2n) is 7.10. The SMILES string of the molecule is CN1CCN(Cc2cccc(NC(=O)C3(N)CCCC3)c2)CC1. The van der Waals surface area contributed by atoms with Crippen molar-refractivity contribution in [3.05, 3.63) is 29.8 Å². The van der Waals surface area contributed by atoms with Gasteiger partial charge in [0.05, 0.1) is 5.54 Å². The summed E-state index contributed by atoms with van der Waals surface area (Å²) in [4.78, 5) is 17.2. The topological polar surface area (TPSA) is 61.6 Å². The van der Waals surface area contributed by atoms with Crippen molar-refractivity contribution < 1.29 is 4.79 Å². The van der Waals surface area contributed by atoms with Crippen molar-refractivity contribution in [1.29, 1.82) is 0 Å². The highest BCUT2D eigenvalue weighted by Gasteiger charge is 2.36. The highest BCUT2D eigenvalue weighted by molar-refractivity contribution is 5.98. The fourth-order valence-corrected chi connectivity index (χ4v) is 3.50. The average Bonchev–Trinajstić information content (AvgIpc) is 2.98. The monoisotopic (exact) mass is 316 g/mol. The minimum Gasteiger partial charge on any atom is -0.324 e. The number of anilines is 1. The molecular formula is C18H28N4O. The Kier molecular flexibility index (Phi) is 4.99. The summed E-state index contributed by atoms with van der Waals surface area (Å²) < 4.78 is 0. The molecule has 3 rings (SSSR count). The zero-order valence-electron chi connectivity index (χ0n) is 14.1. The Labute approximate surface area is 138 Å². The number of carbonyl (C=O) groups excluding carboxylic acids is 1. The summed E-state index contributed by atoms with van der Waals surface area (Å²) in [5.74, 6) is -0.0354. The van der Waals surface area contributed by atoms with Gasteiger partial charge in [0.1, 0.15) is 0 Å². The van der Waals surface area contributed by atoms with Gasteiger partial charge in [0, 0.05) is 38.4 Å². The number of amides is 1. The number of rotatable bonds is 4. The summed E-state index contributed by atoms with van der Waals surface area (Å²) in [6, 6.07) is 8.17. The van der Waals surface area contributed by atoms with Gasteiger partial charge in [0.15, 0.2) is 0 Å². The van der Waals surface area contributed by atoms with E-state index in [9.17, 15) is 4.79 Å². The van der Waals surface area contributed by atoms with E-state index in [0.29, 0.717) is 0 Å². The highest BCUT2D eigenvalue weighted by Crippen LogP contribution is 2.28. The molecule has 1 saturated carbocycles. The first-order valence-electron chi connectivity index (χ1n) is 8.65. The molecule has 0 atom stereocenters. The van der Waals surface area contributed by atoms with E-state index in [2.05, 4.69) is 34.3 Å². The molecule has 1 aliphatic carbocycles. The Bertz CT molecular complexity index is 546. The lowest BCUT2D eigenvalue weighted by molar-refractivity contribution is -0.121. The first-order valence-corrected chi connectivity index (χ1v) is 8.65. The van der Waals surface area contributed by atoms with Gasteiger partial charge >= 0.3 is 0 Å². The summed E-state index contributed by atoms with van der Waals surface area (Å²) in [6.45, 7) is 5.36. The van der Waals surface area contributed by atoms with E-state index >= 15 is 0 Å². The van der Waals surface area contributed by atoms with E-state index < -0.39 is 5.54 Å². The van der Waals surface area contributed by atoms with Crippen molar-refractivity contribution in [3.63, 3.8) is 0 Å². The maximum Gasteiger partial charge on any atom is 0.244 e. The smallest absolute Gasteiger partial charge is 0.244 e. The number of likely N-dealkylation sites (N-methyl/N-ethyl adjacent to an activating group) is 1. The molecule has 0 spiro atoms. The zero-order valence-corrected chi connectivity index (χ0v) is 14.1. The Hall–Kier alpha value is -1.43. The normalized spacial score (nSPS) is 22.2. The van der Waals surface area contributed by atoms with Crippen LogP contribution in [0.15, 0.2) is 24.3 Å². The van der Waals surface area contributed by atoms with Crippen LogP contribution in [-0.2, 0) is 11.3 Å². The lowest BCUT2D eigenvalue weighted by atomic mass is 9.98. The minimum absolute atomic E-state index is 0.0354. The van der Waals surface area contributed by atoms with Crippen molar-refractivity contribution in [2.45, 2.75) is 37.8 Å². The van der Waals surface area contributed by atoms with E-state index in [-0.39, 0.29) is 5.91 Å². The molecule has 23 heavy (non-hydrogen) atoms. The fraction of sp³-hybridized carbons (Fsp3) is 0.611. The van der Waals surface area contributed by atoms with Crippen molar-refractivity contribution in [2.24, 2.45) is 5.73 Å². The molecule has 1 saturated heterocycles. The summed E-state index contributed by atoms with van der Waals surface area (Å²) >= 11 is 0. The van der Waals surface area contributed by atoms with Gasteiger partial charge in [-0.3, -0.25) is 9.69 Å². The van der Waals surface area contributed by atoms with Crippen LogP contribution in [0.3, 0.4) is 0 Å². The molecule has 2 aliphatic rings. The van der Waals surface area contributed by atoms with Crippen LogP contribution in [0.1, 0.15) is 31.2 Å². The molecule has 3 N–H and O–H groups in total. The van der Waals surface area contributed by atoms with Gasteiger partial charge in [-0.15, -0.1) is 0 Å². The lowest BCUT2D eigenvalue weighted by Gasteiger charge is -2.32. The molecule has 1 aromatic carbocycles. The first kappa shape index (κ1) is 16.4. The molecule has 1 aliphatic heterocycles. The van der Waals surface area contributed by atoms with E-state index in [1.54, 1.807) is 0 Å². The first-order chi connectivity index (χ1) is 11.0. The predicted octanol–water partition coefficient (Wildman–Crippen LogP) is 1.64. The van der Waals surface area contributed by atoms with Gasteiger partial charge in [0.2, 0.25) is 5.91 Å². The van der Waals surface area contributed by atoms with Crippen LogP contribution in [0.5, 0.6) is 0 Å². The third-order valence-electron chi connectivity index (χ3n) is 5.13. The van der Waals surface area contributed by atoms with Crippen LogP contribution >= 0.6 is 0 Å². The molecule has 1 aromatic rings. The Morgan fingerprint density at radius 3 is 2.61 bits per heavy atom. The largest absolute Gasteiger partial charge is 0.324 e. The maximum atomic E-state index is 12.4.